The van der Waals surface area contributed by atoms with Crippen LogP contribution in [-0.2, 0) is 9.59 Å². The zero-order chi connectivity index (χ0) is 13.0. The monoisotopic (exact) mass is 237 g/mol. The third-order valence-electron chi connectivity index (χ3n) is 2.21. The number of phenols is 1. The Hall–Kier alpha value is -2.04. The Bertz CT molecular complexity index is 411. The van der Waals surface area contributed by atoms with E-state index in [1.54, 1.807) is 13.8 Å². The molecule has 0 aliphatic heterocycles. The molecular weight excluding hydrogens is 222 g/mol. The van der Waals surface area contributed by atoms with Crippen molar-refractivity contribution < 1.29 is 19.8 Å². The number of aromatic hydroxyl groups is 1. The standard InChI is InChI=1S/C12H15NO4/c1-8(2)12(17)13(7-11(15)16)9-3-5-10(14)6-4-9/h3-6,8,14H,7H2,1-2H3,(H,15,16). The lowest BCUT2D eigenvalue weighted by Gasteiger charge is -2.22. The van der Waals surface area contributed by atoms with E-state index < -0.39 is 5.97 Å². The number of hydrogen-bond donors (Lipinski definition) is 2. The molecule has 92 valence electrons. The van der Waals surface area contributed by atoms with Crippen molar-refractivity contribution in [2.24, 2.45) is 5.92 Å². The number of carbonyl (C=O) groups excluding carboxylic acids is 1. The number of rotatable bonds is 4. The molecule has 0 unspecified atom stereocenters. The minimum Gasteiger partial charge on any atom is -0.508 e. The van der Waals surface area contributed by atoms with Crippen molar-refractivity contribution >= 4 is 17.6 Å². The first-order chi connectivity index (χ1) is 7.91. The summed E-state index contributed by atoms with van der Waals surface area (Å²) >= 11 is 0. The molecule has 1 aromatic rings. The zero-order valence-electron chi connectivity index (χ0n) is 9.75. The van der Waals surface area contributed by atoms with Crippen LogP contribution in [0.1, 0.15) is 13.8 Å². The topological polar surface area (TPSA) is 77.8 Å². The Labute approximate surface area is 99.3 Å². The molecule has 1 rings (SSSR count). The summed E-state index contributed by atoms with van der Waals surface area (Å²) in [6.07, 6.45) is 0. The van der Waals surface area contributed by atoms with Crippen LogP contribution in [0, 0.1) is 5.92 Å². The summed E-state index contributed by atoms with van der Waals surface area (Å²) in [5.41, 5.74) is 0.462. The lowest BCUT2D eigenvalue weighted by atomic mass is 10.1. The molecule has 1 aromatic carbocycles. The molecule has 17 heavy (non-hydrogen) atoms. The minimum absolute atomic E-state index is 0.0704. The first-order valence-corrected chi connectivity index (χ1v) is 5.24. The number of carboxylic acid groups (broad SMARTS) is 1. The van der Waals surface area contributed by atoms with Crippen molar-refractivity contribution in [2.75, 3.05) is 11.4 Å². The van der Waals surface area contributed by atoms with E-state index in [2.05, 4.69) is 0 Å². The van der Waals surface area contributed by atoms with Crippen LogP contribution in [0.2, 0.25) is 0 Å². The van der Waals surface area contributed by atoms with E-state index in [9.17, 15) is 9.59 Å². The maximum Gasteiger partial charge on any atom is 0.323 e. The van der Waals surface area contributed by atoms with Crippen molar-refractivity contribution in [1.29, 1.82) is 0 Å². The van der Waals surface area contributed by atoms with Gasteiger partial charge in [-0.05, 0) is 24.3 Å². The smallest absolute Gasteiger partial charge is 0.323 e. The Morgan fingerprint density at radius 2 is 1.76 bits per heavy atom. The van der Waals surface area contributed by atoms with E-state index in [-0.39, 0.29) is 24.1 Å². The number of carboxylic acids is 1. The van der Waals surface area contributed by atoms with Gasteiger partial charge in [0.05, 0.1) is 0 Å². The van der Waals surface area contributed by atoms with Gasteiger partial charge in [0.15, 0.2) is 0 Å². The second-order valence-corrected chi connectivity index (χ2v) is 3.99. The number of nitrogens with zero attached hydrogens (tertiary/aromatic N) is 1. The second-order valence-electron chi connectivity index (χ2n) is 3.99. The van der Waals surface area contributed by atoms with Crippen LogP contribution >= 0.6 is 0 Å². The van der Waals surface area contributed by atoms with Crippen LogP contribution in [-0.4, -0.2) is 28.6 Å². The first-order valence-electron chi connectivity index (χ1n) is 5.24. The lowest BCUT2D eigenvalue weighted by Crippen LogP contribution is -2.38. The molecule has 0 saturated heterocycles. The van der Waals surface area contributed by atoms with Gasteiger partial charge in [0.2, 0.25) is 5.91 Å². The molecule has 1 amide bonds. The third kappa shape index (κ3) is 3.48. The molecule has 0 bridgehead atoms. The zero-order valence-corrected chi connectivity index (χ0v) is 9.75. The van der Waals surface area contributed by atoms with E-state index in [0.717, 1.165) is 0 Å². The minimum atomic E-state index is -1.08. The summed E-state index contributed by atoms with van der Waals surface area (Å²) in [5.74, 6) is -1.56. The van der Waals surface area contributed by atoms with Crippen LogP contribution < -0.4 is 4.90 Å². The lowest BCUT2D eigenvalue weighted by molar-refractivity contribution is -0.137. The highest BCUT2D eigenvalue weighted by Gasteiger charge is 2.21. The molecule has 0 aliphatic carbocycles. The van der Waals surface area contributed by atoms with Gasteiger partial charge in [-0.3, -0.25) is 9.59 Å². The molecule has 0 spiro atoms. The highest BCUT2D eigenvalue weighted by atomic mass is 16.4. The summed E-state index contributed by atoms with van der Waals surface area (Å²) < 4.78 is 0. The highest BCUT2D eigenvalue weighted by Crippen LogP contribution is 2.20. The number of hydrogen-bond acceptors (Lipinski definition) is 3. The molecule has 2 N–H and O–H groups in total. The van der Waals surface area contributed by atoms with Crippen molar-refractivity contribution in [3.63, 3.8) is 0 Å². The molecule has 0 aliphatic rings. The second kappa shape index (κ2) is 5.34. The van der Waals surface area contributed by atoms with E-state index in [0.29, 0.717) is 5.69 Å². The van der Waals surface area contributed by atoms with Crippen LogP contribution in [0.5, 0.6) is 5.75 Å². The molecule has 5 nitrogen and oxygen atoms in total. The predicted molar refractivity (Wildman–Crippen MR) is 62.9 cm³/mol. The van der Waals surface area contributed by atoms with Gasteiger partial charge in [-0.2, -0.15) is 0 Å². The Kier molecular flexibility index (Phi) is 4.09. The van der Waals surface area contributed by atoms with Crippen molar-refractivity contribution in [3.8, 4) is 5.75 Å². The van der Waals surface area contributed by atoms with E-state index in [4.69, 9.17) is 10.2 Å². The van der Waals surface area contributed by atoms with Crippen LogP contribution in [0.4, 0.5) is 5.69 Å². The largest absolute Gasteiger partial charge is 0.508 e. The van der Waals surface area contributed by atoms with Crippen molar-refractivity contribution in [2.45, 2.75) is 13.8 Å². The van der Waals surface area contributed by atoms with E-state index in [1.165, 1.54) is 29.2 Å². The van der Waals surface area contributed by atoms with Crippen LogP contribution in [0.15, 0.2) is 24.3 Å². The van der Waals surface area contributed by atoms with Crippen molar-refractivity contribution in [3.05, 3.63) is 24.3 Å². The van der Waals surface area contributed by atoms with Gasteiger partial charge in [0, 0.05) is 11.6 Å². The van der Waals surface area contributed by atoms with Crippen molar-refractivity contribution in [1.82, 2.24) is 0 Å². The number of amides is 1. The Balaban J connectivity index is 3.01. The highest BCUT2D eigenvalue weighted by molar-refractivity contribution is 5.98. The molecule has 0 atom stereocenters. The normalized spacial score (nSPS) is 10.3. The first kappa shape index (κ1) is 13.0. The fraction of sp³-hybridized carbons (Fsp3) is 0.333. The molecule has 0 radical (unpaired) electrons. The summed E-state index contributed by atoms with van der Waals surface area (Å²) in [6, 6.07) is 5.85. The maximum atomic E-state index is 11.9. The molecular formula is C12H15NO4. The number of carbonyl (C=O) groups is 2. The SMILES string of the molecule is CC(C)C(=O)N(CC(=O)O)c1ccc(O)cc1. The summed E-state index contributed by atoms with van der Waals surface area (Å²) in [6.45, 7) is 3.02. The molecule has 0 heterocycles. The van der Waals surface area contributed by atoms with Gasteiger partial charge < -0.3 is 15.1 Å². The number of anilines is 1. The fourth-order valence-corrected chi connectivity index (χ4v) is 1.38. The quantitative estimate of drug-likeness (QED) is 0.831. The van der Waals surface area contributed by atoms with Gasteiger partial charge >= 0.3 is 5.97 Å². The number of benzene rings is 1. The number of phenolic OH excluding ortho intramolecular Hbond substituents is 1. The molecule has 0 saturated carbocycles. The molecule has 0 aromatic heterocycles. The third-order valence-corrected chi connectivity index (χ3v) is 2.21. The van der Waals surface area contributed by atoms with Crippen LogP contribution in [0.3, 0.4) is 0 Å². The average molecular weight is 237 g/mol. The van der Waals surface area contributed by atoms with Gasteiger partial charge in [-0.15, -0.1) is 0 Å². The summed E-state index contributed by atoms with van der Waals surface area (Å²) in [7, 11) is 0. The molecule has 0 fully saturated rings. The predicted octanol–water partition coefficient (Wildman–Crippen LogP) is 1.47. The summed E-state index contributed by atoms with van der Waals surface area (Å²) in [5, 5.41) is 17.9. The average Bonchev–Trinajstić information content (AvgIpc) is 2.26. The van der Waals surface area contributed by atoms with E-state index in [1.807, 2.05) is 0 Å². The van der Waals surface area contributed by atoms with Gasteiger partial charge in [0.25, 0.3) is 0 Å². The Morgan fingerprint density at radius 3 is 2.18 bits per heavy atom. The number of aliphatic carboxylic acids is 1. The summed E-state index contributed by atoms with van der Waals surface area (Å²) in [4.78, 5) is 23.8. The van der Waals surface area contributed by atoms with Gasteiger partial charge in [-0.25, -0.2) is 0 Å². The van der Waals surface area contributed by atoms with Gasteiger partial charge in [-0.1, -0.05) is 13.8 Å². The van der Waals surface area contributed by atoms with E-state index >= 15 is 0 Å². The fourth-order valence-electron chi connectivity index (χ4n) is 1.38. The molecule has 5 heteroatoms. The van der Waals surface area contributed by atoms with Crippen LogP contribution in [0.25, 0.3) is 0 Å². The van der Waals surface area contributed by atoms with Gasteiger partial charge in [0.1, 0.15) is 12.3 Å². The Morgan fingerprint density at radius 1 is 1.24 bits per heavy atom. The maximum absolute atomic E-state index is 11.9.